The second kappa shape index (κ2) is 8.61. The van der Waals surface area contributed by atoms with Gasteiger partial charge in [0, 0.05) is 48.9 Å². The van der Waals surface area contributed by atoms with Crippen molar-refractivity contribution in [1.29, 1.82) is 0 Å². The van der Waals surface area contributed by atoms with Crippen LogP contribution < -0.4 is 10.6 Å². The van der Waals surface area contributed by atoms with Gasteiger partial charge in [-0.25, -0.2) is 4.68 Å². The summed E-state index contributed by atoms with van der Waals surface area (Å²) in [6.07, 6.45) is 4.58. The first-order valence-corrected chi connectivity index (χ1v) is 8.50. The van der Waals surface area contributed by atoms with Gasteiger partial charge < -0.3 is 10.6 Å². The van der Waals surface area contributed by atoms with Crippen LogP contribution in [0.5, 0.6) is 0 Å². The Kier molecular flexibility index (Phi) is 5.78. The van der Waals surface area contributed by atoms with Gasteiger partial charge >= 0.3 is 0 Å². The zero-order valence-corrected chi connectivity index (χ0v) is 14.5. The molecule has 27 heavy (non-hydrogen) atoms. The van der Waals surface area contributed by atoms with Crippen molar-refractivity contribution in [3.63, 3.8) is 0 Å². The molecule has 1 heterocycles. The molecule has 8 heteroatoms. The zero-order chi connectivity index (χ0) is 19.1. The number of nitro benzene ring substituents is 1. The van der Waals surface area contributed by atoms with Gasteiger partial charge in [-0.15, -0.1) is 0 Å². The molecule has 0 unspecified atom stereocenters. The summed E-state index contributed by atoms with van der Waals surface area (Å²) in [6, 6.07) is 15.5. The molecule has 0 saturated carbocycles. The van der Waals surface area contributed by atoms with Gasteiger partial charge in [-0.1, -0.05) is 0 Å². The third-order valence-corrected chi connectivity index (χ3v) is 3.91. The third-order valence-electron chi connectivity index (χ3n) is 3.91. The maximum Gasteiger partial charge on any atom is 0.269 e. The minimum Gasteiger partial charge on any atom is -0.385 e. The summed E-state index contributed by atoms with van der Waals surface area (Å²) in [6.45, 7) is 0.601. The molecule has 0 aliphatic rings. The molecule has 1 aromatic heterocycles. The number of hydrogen-bond acceptors (Lipinski definition) is 5. The molecule has 138 valence electrons. The Balaban J connectivity index is 1.40. The van der Waals surface area contributed by atoms with E-state index in [9.17, 15) is 14.9 Å². The summed E-state index contributed by atoms with van der Waals surface area (Å²) in [5, 5.41) is 20.8. The maximum absolute atomic E-state index is 12.0. The number of aromatic nitrogens is 2. The van der Waals surface area contributed by atoms with Crippen molar-refractivity contribution in [3.8, 4) is 5.69 Å². The molecule has 0 bridgehead atoms. The van der Waals surface area contributed by atoms with Crippen LogP contribution in [0.25, 0.3) is 5.69 Å². The van der Waals surface area contributed by atoms with Crippen LogP contribution in [0.2, 0.25) is 0 Å². The minimum atomic E-state index is -0.435. The highest BCUT2D eigenvalue weighted by Gasteiger charge is 2.05. The maximum atomic E-state index is 12.0. The Hall–Kier alpha value is -3.68. The summed E-state index contributed by atoms with van der Waals surface area (Å²) in [5.74, 6) is -0.0626. The molecule has 0 radical (unpaired) electrons. The third kappa shape index (κ3) is 5.15. The second-order valence-corrected chi connectivity index (χ2v) is 5.88. The van der Waals surface area contributed by atoms with Gasteiger partial charge in [-0.3, -0.25) is 14.9 Å². The molecule has 0 aliphatic heterocycles. The number of rotatable bonds is 8. The summed E-state index contributed by atoms with van der Waals surface area (Å²) >= 11 is 0. The van der Waals surface area contributed by atoms with Crippen molar-refractivity contribution in [3.05, 3.63) is 77.1 Å². The smallest absolute Gasteiger partial charge is 0.269 e. The van der Waals surface area contributed by atoms with Gasteiger partial charge in [0.1, 0.15) is 0 Å². The van der Waals surface area contributed by atoms with Crippen molar-refractivity contribution < 1.29 is 9.72 Å². The molecule has 3 rings (SSSR count). The van der Waals surface area contributed by atoms with Gasteiger partial charge in [-0.05, 0) is 48.9 Å². The summed E-state index contributed by atoms with van der Waals surface area (Å²) < 4.78 is 1.75. The number of nitro groups is 1. The van der Waals surface area contributed by atoms with Gasteiger partial charge in [0.25, 0.3) is 5.69 Å². The number of amides is 1. The predicted molar refractivity (Wildman–Crippen MR) is 103 cm³/mol. The molecule has 2 N–H and O–H groups in total. The Bertz CT molecular complexity index is 890. The number of hydrogen-bond donors (Lipinski definition) is 2. The van der Waals surface area contributed by atoms with Crippen molar-refractivity contribution in [1.82, 2.24) is 9.78 Å². The number of carbonyl (C=O) groups excluding carboxylic acids is 1. The van der Waals surface area contributed by atoms with E-state index in [1.54, 1.807) is 23.0 Å². The van der Waals surface area contributed by atoms with Crippen LogP contribution in [0.4, 0.5) is 17.1 Å². The fraction of sp³-hybridized carbons (Fsp3) is 0.158. The standard InChI is InChI=1S/C19H19N5O3/c25-19(3-1-12-20-15-4-10-18(11-5-15)24(26)27)22-16-6-8-17(9-7-16)23-14-2-13-21-23/h2,4-11,13-14,20H,1,3,12H2,(H,22,25). The topological polar surface area (TPSA) is 102 Å². The van der Waals surface area contributed by atoms with E-state index in [4.69, 9.17) is 0 Å². The summed E-state index contributed by atoms with van der Waals surface area (Å²) in [4.78, 5) is 22.2. The van der Waals surface area contributed by atoms with Crippen LogP contribution in [-0.4, -0.2) is 27.2 Å². The fourth-order valence-electron chi connectivity index (χ4n) is 2.53. The van der Waals surface area contributed by atoms with Gasteiger partial charge in [-0.2, -0.15) is 5.10 Å². The summed E-state index contributed by atoms with van der Waals surface area (Å²) in [7, 11) is 0. The normalized spacial score (nSPS) is 10.4. The highest BCUT2D eigenvalue weighted by Crippen LogP contribution is 2.16. The first-order chi connectivity index (χ1) is 13.1. The largest absolute Gasteiger partial charge is 0.385 e. The zero-order valence-electron chi connectivity index (χ0n) is 14.5. The Morgan fingerprint density at radius 2 is 1.78 bits per heavy atom. The Morgan fingerprint density at radius 3 is 2.41 bits per heavy atom. The first-order valence-electron chi connectivity index (χ1n) is 8.50. The van der Waals surface area contributed by atoms with E-state index >= 15 is 0 Å². The van der Waals surface area contributed by atoms with E-state index in [0.29, 0.717) is 19.4 Å². The number of carbonyl (C=O) groups is 1. The number of nitrogens with one attached hydrogen (secondary N) is 2. The van der Waals surface area contributed by atoms with E-state index < -0.39 is 4.92 Å². The van der Waals surface area contributed by atoms with E-state index in [1.807, 2.05) is 36.5 Å². The van der Waals surface area contributed by atoms with Crippen LogP contribution in [0.15, 0.2) is 67.0 Å². The lowest BCUT2D eigenvalue weighted by molar-refractivity contribution is -0.384. The Morgan fingerprint density at radius 1 is 1.07 bits per heavy atom. The van der Waals surface area contributed by atoms with E-state index in [2.05, 4.69) is 15.7 Å². The molecule has 0 spiro atoms. The lowest BCUT2D eigenvalue weighted by Crippen LogP contribution is -2.13. The van der Waals surface area contributed by atoms with Crippen LogP contribution in [0.1, 0.15) is 12.8 Å². The van der Waals surface area contributed by atoms with Crippen LogP contribution in [0.3, 0.4) is 0 Å². The summed E-state index contributed by atoms with van der Waals surface area (Å²) in [5.41, 5.74) is 2.50. The second-order valence-electron chi connectivity index (χ2n) is 5.88. The van der Waals surface area contributed by atoms with E-state index in [-0.39, 0.29) is 11.6 Å². The van der Waals surface area contributed by atoms with Crippen molar-refractivity contribution in [2.24, 2.45) is 0 Å². The SMILES string of the molecule is O=C(CCCNc1ccc([N+](=O)[O-])cc1)Nc1ccc(-n2cccn2)cc1. The fourth-order valence-corrected chi connectivity index (χ4v) is 2.53. The lowest BCUT2D eigenvalue weighted by atomic mass is 10.2. The van der Waals surface area contributed by atoms with Crippen molar-refractivity contribution in [2.45, 2.75) is 12.8 Å². The number of benzene rings is 2. The van der Waals surface area contributed by atoms with Crippen LogP contribution in [0, 0.1) is 10.1 Å². The average molecular weight is 365 g/mol. The quantitative estimate of drug-likeness (QED) is 0.361. The molecule has 1 amide bonds. The van der Waals surface area contributed by atoms with Crippen LogP contribution >= 0.6 is 0 Å². The molecule has 3 aromatic rings. The molecule has 0 fully saturated rings. The van der Waals surface area contributed by atoms with Crippen molar-refractivity contribution in [2.75, 3.05) is 17.2 Å². The molecule has 2 aromatic carbocycles. The lowest BCUT2D eigenvalue weighted by Gasteiger charge is -2.08. The predicted octanol–water partition coefficient (Wildman–Crippen LogP) is 3.61. The van der Waals surface area contributed by atoms with Gasteiger partial charge in [0.05, 0.1) is 10.6 Å². The van der Waals surface area contributed by atoms with Crippen molar-refractivity contribution >= 4 is 23.0 Å². The highest BCUT2D eigenvalue weighted by atomic mass is 16.6. The molecule has 8 nitrogen and oxygen atoms in total. The van der Waals surface area contributed by atoms with Crippen LogP contribution in [-0.2, 0) is 4.79 Å². The minimum absolute atomic E-state index is 0.0542. The first kappa shape index (κ1) is 18.1. The van der Waals surface area contributed by atoms with Gasteiger partial charge in [0.2, 0.25) is 5.91 Å². The van der Waals surface area contributed by atoms with E-state index in [0.717, 1.165) is 17.1 Å². The Labute approximate surface area is 156 Å². The highest BCUT2D eigenvalue weighted by molar-refractivity contribution is 5.90. The van der Waals surface area contributed by atoms with Gasteiger partial charge in [0.15, 0.2) is 0 Å². The molecule has 0 saturated heterocycles. The number of anilines is 2. The molecule has 0 aliphatic carbocycles. The monoisotopic (exact) mass is 365 g/mol. The number of nitrogens with zero attached hydrogens (tertiary/aromatic N) is 3. The molecule has 0 atom stereocenters. The molecular formula is C19H19N5O3. The van der Waals surface area contributed by atoms with E-state index in [1.165, 1.54) is 12.1 Å². The number of non-ortho nitro benzene ring substituents is 1. The average Bonchev–Trinajstić information content (AvgIpc) is 3.21. The molecular weight excluding hydrogens is 346 g/mol.